The average molecular weight is 652 g/mol. The summed E-state index contributed by atoms with van der Waals surface area (Å²) in [7, 11) is 0. The first-order valence-corrected chi connectivity index (χ1v) is 17.3. The Bertz CT molecular complexity index is 3030. The molecule has 0 N–H and O–H groups in total. The van der Waals surface area contributed by atoms with Gasteiger partial charge in [0, 0.05) is 49.6 Å². The highest BCUT2D eigenvalue weighted by Gasteiger charge is 2.18. The van der Waals surface area contributed by atoms with E-state index in [4.69, 9.17) is 8.83 Å². The molecule has 0 spiro atoms. The summed E-state index contributed by atoms with van der Waals surface area (Å²) in [5, 5.41) is 6.89. The molecule has 0 amide bonds. The van der Waals surface area contributed by atoms with Crippen LogP contribution in [-0.4, -0.2) is 4.57 Å². The molecule has 0 radical (unpaired) electrons. The summed E-state index contributed by atoms with van der Waals surface area (Å²) in [5.41, 5.74) is 13.8. The summed E-state index contributed by atoms with van der Waals surface area (Å²) < 4.78 is 15.4. The highest BCUT2D eigenvalue weighted by Crippen LogP contribution is 2.41. The van der Waals surface area contributed by atoms with Gasteiger partial charge in [0.1, 0.15) is 22.3 Å². The number of para-hydroxylation sites is 2. The molecule has 0 aliphatic carbocycles. The molecule has 3 aromatic heterocycles. The zero-order valence-electron chi connectivity index (χ0n) is 27.5. The molecule has 3 heterocycles. The summed E-state index contributed by atoms with van der Waals surface area (Å²) in [5.74, 6) is 0. The number of fused-ring (bicyclic) bond motifs is 9. The number of furan rings is 2. The molecular formula is C48H29NO2. The first-order valence-electron chi connectivity index (χ1n) is 17.3. The minimum atomic E-state index is 0.856. The van der Waals surface area contributed by atoms with Crippen molar-refractivity contribution in [2.45, 2.75) is 0 Å². The van der Waals surface area contributed by atoms with E-state index < -0.39 is 0 Å². The minimum Gasteiger partial charge on any atom is -0.456 e. The van der Waals surface area contributed by atoms with Crippen LogP contribution in [0.3, 0.4) is 0 Å². The van der Waals surface area contributed by atoms with E-state index in [0.717, 1.165) is 71.7 Å². The second-order valence-electron chi connectivity index (χ2n) is 13.3. The molecular weight excluding hydrogens is 623 g/mol. The summed E-state index contributed by atoms with van der Waals surface area (Å²) in [6.45, 7) is 0. The maximum Gasteiger partial charge on any atom is 0.143 e. The third-order valence-electron chi connectivity index (χ3n) is 10.4. The van der Waals surface area contributed by atoms with Gasteiger partial charge < -0.3 is 13.4 Å². The summed E-state index contributed by atoms with van der Waals surface area (Å²) in [6.07, 6.45) is 0. The van der Waals surface area contributed by atoms with E-state index in [1.807, 2.05) is 12.1 Å². The molecule has 0 atom stereocenters. The van der Waals surface area contributed by atoms with Crippen molar-refractivity contribution in [3.05, 3.63) is 176 Å². The smallest absolute Gasteiger partial charge is 0.143 e. The van der Waals surface area contributed by atoms with Gasteiger partial charge >= 0.3 is 0 Å². The van der Waals surface area contributed by atoms with Crippen molar-refractivity contribution in [3.8, 4) is 39.1 Å². The van der Waals surface area contributed by atoms with E-state index in [-0.39, 0.29) is 0 Å². The Morgan fingerprint density at radius 1 is 0.314 bits per heavy atom. The van der Waals surface area contributed by atoms with Crippen LogP contribution in [0.2, 0.25) is 0 Å². The molecule has 0 aliphatic heterocycles. The monoisotopic (exact) mass is 651 g/mol. The van der Waals surface area contributed by atoms with Crippen LogP contribution in [0.25, 0.3) is 105 Å². The van der Waals surface area contributed by atoms with Crippen molar-refractivity contribution in [1.29, 1.82) is 0 Å². The highest BCUT2D eigenvalue weighted by molar-refractivity contribution is 6.13. The van der Waals surface area contributed by atoms with Crippen LogP contribution >= 0.6 is 0 Å². The average Bonchev–Trinajstić information content (AvgIpc) is 3.86. The molecule has 0 saturated carbocycles. The maximum atomic E-state index is 6.66. The number of hydrogen-bond acceptors (Lipinski definition) is 2. The van der Waals surface area contributed by atoms with Gasteiger partial charge in [0.25, 0.3) is 0 Å². The van der Waals surface area contributed by atoms with E-state index >= 15 is 0 Å². The molecule has 3 heteroatoms. The van der Waals surface area contributed by atoms with Crippen LogP contribution in [0, 0.1) is 0 Å². The van der Waals surface area contributed by atoms with Crippen molar-refractivity contribution < 1.29 is 8.83 Å². The van der Waals surface area contributed by atoms with Crippen molar-refractivity contribution in [2.24, 2.45) is 0 Å². The Morgan fingerprint density at radius 2 is 0.882 bits per heavy atom. The van der Waals surface area contributed by atoms with Gasteiger partial charge in [0.2, 0.25) is 0 Å². The zero-order chi connectivity index (χ0) is 33.5. The zero-order valence-corrected chi connectivity index (χ0v) is 27.5. The SMILES string of the molecule is c1ccc(-c2ccc3c(c2)c2cc(-c4ccccc4)ccc2n3-c2ccc3c(c2)oc2cc(-c4cccc5c4oc4ccccc45)ccc23)cc1. The van der Waals surface area contributed by atoms with Crippen LogP contribution in [0.5, 0.6) is 0 Å². The highest BCUT2D eigenvalue weighted by atomic mass is 16.3. The van der Waals surface area contributed by atoms with Gasteiger partial charge in [-0.05, 0) is 82.4 Å². The molecule has 0 unspecified atom stereocenters. The Kier molecular flexibility index (Phi) is 5.96. The lowest BCUT2D eigenvalue weighted by Crippen LogP contribution is -1.93. The third-order valence-corrected chi connectivity index (χ3v) is 10.4. The molecule has 0 aliphatic rings. The van der Waals surface area contributed by atoms with E-state index in [2.05, 4.69) is 168 Å². The molecule has 11 aromatic rings. The van der Waals surface area contributed by atoms with Crippen LogP contribution in [0.1, 0.15) is 0 Å². The van der Waals surface area contributed by atoms with Crippen molar-refractivity contribution in [1.82, 2.24) is 4.57 Å². The van der Waals surface area contributed by atoms with Crippen LogP contribution < -0.4 is 0 Å². The molecule has 0 fully saturated rings. The van der Waals surface area contributed by atoms with Gasteiger partial charge in [-0.15, -0.1) is 0 Å². The molecule has 238 valence electrons. The first kappa shape index (κ1) is 28.0. The van der Waals surface area contributed by atoms with Crippen LogP contribution in [0.15, 0.2) is 185 Å². The van der Waals surface area contributed by atoms with Crippen molar-refractivity contribution in [2.75, 3.05) is 0 Å². The first-order chi connectivity index (χ1) is 25.3. The number of aromatic nitrogens is 1. The van der Waals surface area contributed by atoms with Gasteiger partial charge in [-0.25, -0.2) is 0 Å². The third kappa shape index (κ3) is 4.32. The van der Waals surface area contributed by atoms with E-state index in [1.165, 1.54) is 33.0 Å². The molecule has 8 aromatic carbocycles. The lowest BCUT2D eigenvalue weighted by atomic mass is 10.0. The summed E-state index contributed by atoms with van der Waals surface area (Å²) >= 11 is 0. The Balaban J connectivity index is 1.08. The predicted octanol–water partition coefficient (Wildman–Crippen LogP) is 13.6. The number of nitrogens with zero attached hydrogens (tertiary/aromatic N) is 1. The Morgan fingerprint density at radius 3 is 1.59 bits per heavy atom. The summed E-state index contributed by atoms with van der Waals surface area (Å²) in [6, 6.07) is 62.5. The van der Waals surface area contributed by atoms with E-state index in [9.17, 15) is 0 Å². The Hall–Kier alpha value is -6.84. The van der Waals surface area contributed by atoms with Crippen molar-refractivity contribution in [3.63, 3.8) is 0 Å². The quantitative estimate of drug-likeness (QED) is 0.190. The second kappa shape index (κ2) is 10.8. The van der Waals surface area contributed by atoms with Gasteiger partial charge in [0.05, 0.1) is 11.0 Å². The standard InChI is InChI=1S/C48H29NO2/c1-3-10-30(11-4-1)32-19-24-43-41(26-32)42-27-33(31-12-5-2-6-13-31)20-25-44(42)49(43)35-21-23-39-38-22-18-34(28-46(38)50-47(39)29-35)36-15-9-16-40-37-14-7-8-17-45(37)51-48(36)40/h1-29H. The van der Waals surface area contributed by atoms with Gasteiger partial charge in [-0.3, -0.25) is 0 Å². The fraction of sp³-hybridized carbons (Fsp3) is 0. The fourth-order valence-corrected chi connectivity index (χ4v) is 7.97. The molecule has 51 heavy (non-hydrogen) atoms. The molecule has 11 rings (SSSR count). The molecule has 3 nitrogen and oxygen atoms in total. The van der Waals surface area contributed by atoms with Crippen LogP contribution in [0.4, 0.5) is 0 Å². The second-order valence-corrected chi connectivity index (χ2v) is 13.3. The largest absolute Gasteiger partial charge is 0.456 e. The van der Waals surface area contributed by atoms with E-state index in [1.54, 1.807) is 0 Å². The van der Waals surface area contributed by atoms with Gasteiger partial charge in [-0.2, -0.15) is 0 Å². The maximum absolute atomic E-state index is 6.66. The summed E-state index contributed by atoms with van der Waals surface area (Å²) in [4.78, 5) is 0. The number of benzene rings is 8. The number of rotatable bonds is 4. The lowest BCUT2D eigenvalue weighted by Gasteiger charge is -2.09. The van der Waals surface area contributed by atoms with Gasteiger partial charge in [0.15, 0.2) is 0 Å². The predicted molar refractivity (Wildman–Crippen MR) is 212 cm³/mol. The van der Waals surface area contributed by atoms with Crippen LogP contribution in [-0.2, 0) is 0 Å². The topological polar surface area (TPSA) is 31.2 Å². The molecule has 0 saturated heterocycles. The molecule has 0 bridgehead atoms. The normalized spacial score (nSPS) is 11.9. The van der Waals surface area contributed by atoms with Crippen molar-refractivity contribution >= 4 is 65.7 Å². The fourth-order valence-electron chi connectivity index (χ4n) is 7.97. The van der Waals surface area contributed by atoms with Gasteiger partial charge in [-0.1, -0.05) is 115 Å². The number of hydrogen-bond donors (Lipinski definition) is 0. The Labute approximate surface area is 293 Å². The van der Waals surface area contributed by atoms with E-state index in [0.29, 0.717) is 0 Å². The lowest BCUT2D eigenvalue weighted by molar-refractivity contribution is 0.668. The minimum absolute atomic E-state index is 0.856.